The molecule has 2 heteroatoms. The van der Waals surface area contributed by atoms with Gasteiger partial charge in [0, 0.05) is 0 Å². The molecule has 0 aliphatic carbocycles. The standard InChI is InChI=1S/C8H12OS/c1-6(2)8-5-10-4-7(8)3-9/h4-6,9H,3H2,1-2H3. The van der Waals surface area contributed by atoms with Crippen LogP contribution in [0.2, 0.25) is 0 Å². The first kappa shape index (κ1) is 7.76. The van der Waals surface area contributed by atoms with E-state index >= 15 is 0 Å². The van der Waals surface area contributed by atoms with Crippen molar-refractivity contribution in [1.82, 2.24) is 0 Å². The normalized spacial score (nSPS) is 10.8. The molecule has 0 fully saturated rings. The average molecular weight is 156 g/mol. The molecule has 0 spiro atoms. The molecular weight excluding hydrogens is 144 g/mol. The Balaban J connectivity index is 2.90. The third kappa shape index (κ3) is 1.39. The molecule has 0 aromatic carbocycles. The van der Waals surface area contributed by atoms with Gasteiger partial charge < -0.3 is 5.11 Å². The van der Waals surface area contributed by atoms with Crippen LogP contribution < -0.4 is 0 Å². The topological polar surface area (TPSA) is 20.2 Å². The van der Waals surface area contributed by atoms with E-state index < -0.39 is 0 Å². The maximum atomic E-state index is 8.86. The molecule has 1 aromatic heterocycles. The van der Waals surface area contributed by atoms with Gasteiger partial charge in [-0.15, -0.1) is 0 Å². The lowest BCUT2D eigenvalue weighted by molar-refractivity contribution is 0.281. The lowest BCUT2D eigenvalue weighted by atomic mass is 10.0. The van der Waals surface area contributed by atoms with Gasteiger partial charge in [-0.1, -0.05) is 13.8 Å². The van der Waals surface area contributed by atoms with E-state index in [-0.39, 0.29) is 6.61 Å². The van der Waals surface area contributed by atoms with E-state index in [2.05, 4.69) is 19.2 Å². The molecule has 0 atom stereocenters. The van der Waals surface area contributed by atoms with Crippen molar-refractivity contribution < 1.29 is 5.11 Å². The van der Waals surface area contributed by atoms with E-state index in [4.69, 9.17) is 5.11 Å². The summed E-state index contributed by atoms with van der Waals surface area (Å²) in [5.74, 6) is 0.536. The fourth-order valence-electron chi connectivity index (χ4n) is 0.969. The Labute approximate surface area is 65.3 Å². The molecule has 1 N–H and O–H groups in total. The molecule has 10 heavy (non-hydrogen) atoms. The van der Waals surface area contributed by atoms with Gasteiger partial charge in [0.25, 0.3) is 0 Å². The van der Waals surface area contributed by atoms with Gasteiger partial charge in [0.15, 0.2) is 0 Å². The van der Waals surface area contributed by atoms with Gasteiger partial charge in [-0.05, 0) is 27.8 Å². The zero-order valence-electron chi connectivity index (χ0n) is 6.29. The Kier molecular flexibility index (Phi) is 2.46. The van der Waals surface area contributed by atoms with Crippen LogP contribution in [-0.2, 0) is 6.61 Å². The van der Waals surface area contributed by atoms with Crippen LogP contribution in [0.25, 0.3) is 0 Å². The molecule has 0 aliphatic rings. The molecular formula is C8H12OS. The first-order valence-corrected chi connectivity index (χ1v) is 4.35. The fourth-order valence-corrected chi connectivity index (χ4v) is 1.98. The molecule has 1 rings (SSSR count). The summed E-state index contributed by atoms with van der Waals surface area (Å²) in [7, 11) is 0. The van der Waals surface area contributed by atoms with Crippen molar-refractivity contribution in [2.45, 2.75) is 26.4 Å². The highest BCUT2D eigenvalue weighted by atomic mass is 32.1. The molecule has 0 bridgehead atoms. The summed E-state index contributed by atoms with van der Waals surface area (Å²) in [6, 6.07) is 0. The highest BCUT2D eigenvalue weighted by Gasteiger charge is 2.05. The number of aliphatic hydroxyl groups excluding tert-OH is 1. The first-order chi connectivity index (χ1) is 4.75. The molecule has 0 amide bonds. The fraction of sp³-hybridized carbons (Fsp3) is 0.500. The number of rotatable bonds is 2. The number of aliphatic hydroxyl groups is 1. The van der Waals surface area contributed by atoms with E-state index in [0.717, 1.165) is 5.56 Å². The van der Waals surface area contributed by atoms with Crippen molar-refractivity contribution in [1.29, 1.82) is 0 Å². The summed E-state index contributed by atoms with van der Waals surface area (Å²) >= 11 is 1.66. The van der Waals surface area contributed by atoms with E-state index in [1.807, 2.05) is 5.38 Å². The van der Waals surface area contributed by atoms with Crippen LogP contribution in [0.5, 0.6) is 0 Å². The SMILES string of the molecule is CC(C)c1cscc1CO. The van der Waals surface area contributed by atoms with Gasteiger partial charge in [0.1, 0.15) is 0 Å². The van der Waals surface area contributed by atoms with Crippen LogP contribution in [0.15, 0.2) is 10.8 Å². The maximum Gasteiger partial charge on any atom is 0.0692 e. The number of thiophene rings is 1. The average Bonchev–Trinajstić information content (AvgIpc) is 2.33. The van der Waals surface area contributed by atoms with E-state index in [9.17, 15) is 0 Å². The summed E-state index contributed by atoms with van der Waals surface area (Å²) in [5, 5.41) is 13.0. The van der Waals surface area contributed by atoms with Gasteiger partial charge >= 0.3 is 0 Å². The Morgan fingerprint density at radius 3 is 2.60 bits per heavy atom. The molecule has 0 saturated carbocycles. The third-order valence-corrected chi connectivity index (χ3v) is 2.38. The van der Waals surface area contributed by atoms with Crippen molar-refractivity contribution in [2.75, 3.05) is 0 Å². The highest BCUT2D eigenvalue weighted by Crippen LogP contribution is 2.22. The molecule has 1 heterocycles. The molecule has 0 radical (unpaired) electrons. The second-order valence-electron chi connectivity index (χ2n) is 2.67. The zero-order valence-corrected chi connectivity index (χ0v) is 7.11. The van der Waals surface area contributed by atoms with Gasteiger partial charge in [-0.25, -0.2) is 0 Å². The predicted octanol–water partition coefficient (Wildman–Crippen LogP) is 2.36. The van der Waals surface area contributed by atoms with Gasteiger partial charge in [0.05, 0.1) is 6.61 Å². The summed E-state index contributed by atoms with van der Waals surface area (Å²) in [6.07, 6.45) is 0. The predicted molar refractivity (Wildman–Crippen MR) is 44.3 cm³/mol. The van der Waals surface area contributed by atoms with Gasteiger partial charge in [-0.2, -0.15) is 11.3 Å². The Bertz CT molecular complexity index is 203. The minimum Gasteiger partial charge on any atom is -0.392 e. The first-order valence-electron chi connectivity index (χ1n) is 3.41. The van der Waals surface area contributed by atoms with E-state index in [0.29, 0.717) is 5.92 Å². The van der Waals surface area contributed by atoms with Crippen molar-refractivity contribution >= 4 is 11.3 Å². The van der Waals surface area contributed by atoms with E-state index in [1.54, 1.807) is 11.3 Å². The largest absolute Gasteiger partial charge is 0.392 e. The summed E-state index contributed by atoms with van der Waals surface area (Å²) < 4.78 is 0. The molecule has 1 aromatic rings. The van der Waals surface area contributed by atoms with Gasteiger partial charge in [-0.3, -0.25) is 0 Å². The summed E-state index contributed by atoms with van der Waals surface area (Å²) in [4.78, 5) is 0. The minimum absolute atomic E-state index is 0.178. The maximum absolute atomic E-state index is 8.86. The Hall–Kier alpha value is -0.340. The van der Waals surface area contributed by atoms with Crippen LogP contribution >= 0.6 is 11.3 Å². The molecule has 0 aliphatic heterocycles. The molecule has 1 nitrogen and oxygen atoms in total. The third-order valence-electron chi connectivity index (χ3n) is 1.57. The van der Waals surface area contributed by atoms with Crippen LogP contribution in [0, 0.1) is 0 Å². The lowest BCUT2D eigenvalue weighted by Gasteiger charge is -2.03. The highest BCUT2D eigenvalue weighted by molar-refractivity contribution is 7.08. The van der Waals surface area contributed by atoms with E-state index in [1.165, 1.54) is 5.56 Å². The number of hydrogen-bond donors (Lipinski definition) is 1. The molecule has 56 valence electrons. The minimum atomic E-state index is 0.178. The van der Waals surface area contributed by atoms with Crippen molar-refractivity contribution in [3.8, 4) is 0 Å². The summed E-state index contributed by atoms with van der Waals surface area (Å²) in [6.45, 7) is 4.46. The Morgan fingerprint density at radius 1 is 1.50 bits per heavy atom. The summed E-state index contributed by atoms with van der Waals surface area (Å²) in [5.41, 5.74) is 2.37. The van der Waals surface area contributed by atoms with Crippen molar-refractivity contribution in [2.24, 2.45) is 0 Å². The van der Waals surface area contributed by atoms with Crippen LogP contribution in [0.4, 0.5) is 0 Å². The number of hydrogen-bond acceptors (Lipinski definition) is 2. The van der Waals surface area contributed by atoms with Crippen LogP contribution in [0.3, 0.4) is 0 Å². The van der Waals surface area contributed by atoms with Crippen molar-refractivity contribution in [3.63, 3.8) is 0 Å². The molecule has 0 unspecified atom stereocenters. The van der Waals surface area contributed by atoms with Crippen molar-refractivity contribution in [3.05, 3.63) is 21.9 Å². The zero-order chi connectivity index (χ0) is 7.56. The quantitative estimate of drug-likeness (QED) is 0.697. The van der Waals surface area contributed by atoms with Crippen LogP contribution in [-0.4, -0.2) is 5.11 Å². The van der Waals surface area contributed by atoms with Crippen LogP contribution in [0.1, 0.15) is 30.9 Å². The monoisotopic (exact) mass is 156 g/mol. The second kappa shape index (κ2) is 3.17. The smallest absolute Gasteiger partial charge is 0.0692 e. The Morgan fingerprint density at radius 2 is 2.20 bits per heavy atom. The van der Waals surface area contributed by atoms with Gasteiger partial charge in [0.2, 0.25) is 0 Å². The second-order valence-corrected chi connectivity index (χ2v) is 3.41. The lowest BCUT2D eigenvalue weighted by Crippen LogP contribution is -1.90. The molecule has 0 saturated heterocycles.